The number of benzene rings is 1. The van der Waals surface area contributed by atoms with Crippen molar-refractivity contribution in [3.8, 4) is 5.75 Å². The molecule has 0 saturated carbocycles. The molecule has 1 aromatic heterocycles. The summed E-state index contributed by atoms with van der Waals surface area (Å²) in [6.45, 7) is 0.888. The summed E-state index contributed by atoms with van der Waals surface area (Å²) < 4.78 is 10.1. The van der Waals surface area contributed by atoms with Gasteiger partial charge < -0.3 is 19.8 Å². The number of carbonyl (C=O) groups excluding carboxylic acids is 1. The predicted octanol–water partition coefficient (Wildman–Crippen LogP) is 0.460. The van der Waals surface area contributed by atoms with Crippen LogP contribution in [0.2, 0.25) is 0 Å². The van der Waals surface area contributed by atoms with Gasteiger partial charge >= 0.3 is 0 Å². The molecule has 0 atom stereocenters. The molecular formula is C17H22N4O4. The fourth-order valence-electron chi connectivity index (χ4n) is 2.28. The van der Waals surface area contributed by atoms with Gasteiger partial charge in [0, 0.05) is 38.5 Å². The standard InChI is InChI=1S/C17H22N4O4/c1-24-10-9-18-16(22)8-7-13-17(23)19-15(21-20-13)11-12-5-3-4-6-14(12)25-2/h3-6H,7-11H2,1-2H3,(H,18,22)(H,19,21,23). The summed E-state index contributed by atoms with van der Waals surface area (Å²) in [7, 11) is 3.15. The van der Waals surface area contributed by atoms with Crippen LogP contribution in [-0.2, 0) is 22.4 Å². The zero-order valence-corrected chi connectivity index (χ0v) is 14.4. The molecule has 0 bridgehead atoms. The number of amides is 1. The Morgan fingerprint density at radius 1 is 1.24 bits per heavy atom. The number of ether oxygens (including phenoxy) is 2. The van der Waals surface area contributed by atoms with Crippen LogP contribution in [0.1, 0.15) is 23.5 Å². The van der Waals surface area contributed by atoms with Crippen molar-refractivity contribution in [2.45, 2.75) is 19.3 Å². The molecule has 8 heteroatoms. The van der Waals surface area contributed by atoms with Gasteiger partial charge in [-0.2, -0.15) is 0 Å². The van der Waals surface area contributed by atoms with E-state index in [9.17, 15) is 9.59 Å². The Morgan fingerprint density at radius 2 is 2.04 bits per heavy atom. The molecule has 0 spiro atoms. The lowest BCUT2D eigenvalue weighted by atomic mass is 10.1. The normalized spacial score (nSPS) is 10.5. The maximum Gasteiger partial charge on any atom is 0.272 e. The number of para-hydroxylation sites is 1. The highest BCUT2D eigenvalue weighted by Crippen LogP contribution is 2.18. The molecule has 1 heterocycles. The van der Waals surface area contributed by atoms with Crippen LogP contribution in [0.15, 0.2) is 29.1 Å². The van der Waals surface area contributed by atoms with Crippen molar-refractivity contribution in [2.24, 2.45) is 0 Å². The molecule has 25 heavy (non-hydrogen) atoms. The van der Waals surface area contributed by atoms with Crippen LogP contribution in [0, 0.1) is 0 Å². The lowest BCUT2D eigenvalue weighted by molar-refractivity contribution is -0.121. The molecule has 0 aliphatic heterocycles. The summed E-state index contributed by atoms with van der Waals surface area (Å²) in [5.41, 5.74) is 0.815. The molecule has 0 unspecified atom stereocenters. The minimum Gasteiger partial charge on any atom is -0.496 e. The molecular weight excluding hydrogens is 324 g/mol. The van der Waals surface area contributed by atoms with E-state index in [1.807, 2.05) is 24.3 Å². The minimum atomic E-state index is -0.329. The first-order valence-corrected chi connectivity index (χ1v) is 7.96. The molecule has 0 aliphatic rings. The molecule has 0 radical (unpaired) electrons. The Bertz CT molecular complexity index is 760. The van der Waals surface area contributed by atoms with E-state index in [0.717, 1.165) is 11.3 Å². The SMILES string of the molecule is COCCNC(=O)CCc1nnc(Cc2ccccc2OC)[nH]c1=O. The minimum absolute atomic E-state index is 0.156. The van der Waals surface area contributed by atoms with Gasteiger partial charge in [0.05, 0.1) is 13.7 Å². The van der Waals surface area contributed by atoms with Gasteiger partial charge in [-0.05, 0) is 6.07 Å². The second-order valence-electron chi connectivity index (χ2n) is 5.38. The Balaban J connectivity index is 1.96. The van der Waals surface area contributed by atoms with Crippen molar-refractivity contribution in [3.63, 3.8) is 0 Å². The molecule has 0 fully saturated rings. The number of carbonyl (C=O) groups is 1. The van der Waals surface area contributed by atoms with Gasteiger partial charge in [0.25, 0.3) is 5.56 Å². The Morgan fingerprint density at radius 3 is 2.76 bits per heavy atom. The third-order valence-electron chi connectivity index (χ3n) is 3.58. The predicted molar refractivity (Wildman–Crippen MR) is 91.7 cm³/mol. The third kappa shape index (κ3) is 5.68. The van der Waals surface area contributed by atoms with Gasteiger partial charge in [0.15, 0.2) is 0 Å². The lowest BCUT2D eigenvalue weighted by Crippen LogP contribution is -2.28. The van der Waals surface area contributed by atoms with Gasteiger partial charge in [-0.25, -0.2) is 0 Å². The van der Waals surface area contributed by atoms with Crippen LogP contribution in [0.4, 0.5) is 0 Å². The van der Waals surface area contributed by atoms with Crippen LogP contribution in [0.5, 0.6) is 5.75 Å². The molecule has 0 saturated heterocycles. The summed E-state index contributed by atoms with van der Waals surface area (Å²) in [6, 6.07) is 7.51. The molecule has 2 aromatic rings. The highest BCUT2D eigenvalue weighted by Gasteiger charge is 2.10. The Hall–Kier alpha value is -2.74. The van der Waals surface area contributed by atoms with E-state index in [0.29, 0.717) is 25.4 Å². The number of aryl methyl sites for hydroxylation is 1. The van der Waals surface area contributed by atoms with Gasteiger partial charge in [-0.3, -0.25) is 9.59 Å². The first-order chi connectivity index (χ1) is 12.1. The van der Waals surface area contributed by atoms with Crippen molar-refractivity contribution in [2.75, 3.05) is 27.4 Å². The lowest BCUT2D eigenvalue weighted by Gasteiger charge is -2.07. The topological polar surface area (TPSA) is 106 Å². The van der Waals surface area contributed by atoms with E-state index in [1.54, 1.807) is 14.2 Å². The average molecular weight is 346 g/mol. The zero-order chi connectivity index (χ0) is 18.1. The smallest absolute Gasteiger partial charge is 0.272 e. The van der Waals surface area contributed by atoms with Gasteiger partial charge in [0.1, 0.15) is 17.3 Å². The van der Waals surface area contributed by atoms with Gasteiger partial charge in [0.2, 0.25) is 5.91 Å². The number of nitrogens with one attached hydrogen (secondary N) is 2. The second kappa shape index (κ2) is 9.53. The van der Waals surface area contributed by atoms with Crippen molar-refractivity contribution >= 4 is 5.91 Å². The fourth-order valence-corrected chi connectivity index (χ4v) is 2.28. The zero-order valence-electron chi connectivity index (χ0n) is 14.4. The molecule has 134 valence electrons. The van der Waals surface area contributed by atoms with Crippen LogP contribution in [0.25, 0.3) is 0 Å². The summed E-state index contributed by atoms with van der Waals surface area (Å²) >= 11 is 0. The number of rotatable bonds is 9. The summed E-state index contributed by atoms with van der Waals surface area (Å²) in [4.78, 5) is 26.5. The first kappa shape index (κ1) is 18.6. The molecule has 0 aliphatic carbocycles. The van der Waals surface area contributed by atoms with E-state index in [1.165, 1.54) is 0 Å². The Kier molecular flexibility index (Phi) is 7.09. The van der Waals surface area contributed by atoms with Crippen LogP contribution in [-0.4, -0.2) is 48.5 Å². The molecule has 1 amide bonds. The van der Waals surface area contributed by atoms with Crippen molar-refractivity contribution in [1.29, 1.82) is 0 Å². The largest absolute Gasteiger partial charge is 0.496 e. The number of hydrogen-bond donors (Lipinski definition) is 2. The summed E-state index contributed by atoms with van der Waals surface area (Å²) in [5.74, 6) is 1.01. The molecule has 2 N–H and O–H groups in total. The Labute approximate surface area is 145 Å². The summed E-state index contributed by atoms with van der Waals surface area (Å²) in [5, 5.41) is 10.7. The number of H-pyrrole nitrogens is 1. The highest BCUT2D eigenvalue weighted by molar-refractivity contribution is 5.76. The monoisotopic (exact) mass is 346 g/mol. The third-order valence-corrected chi connectivity index (χ3v) is 3.58. The maximum absolute atomic E-state index is 12.1. The van der Waals surface area contributed by atoms with Crippen LogP contribution >= 0.6 is 0 Å². The van der Waals surface area contributed by atoms with E-state index >= 15 is 0 Å². The van der Waals surface area contributed by atoms with Crippen molar-refractivity contribution in [1.82, 2.24) is 20.5 Å². The number of aromatic amines is 1. The van der Waals surface area contributed by atoms with Gasteiger partial charge in [-0.15, -0.1) is 10.2 Å². The average Bonchev–Trinajstić information content (AvgIpc) is 2.62. The fraction of sp³-hybridized carbons (Fsp3) is 0.412. The quantitative estimate of drug-likeness (QED) is 0.639. The number of hydrogen-bond acceptors (Lipinski definition) is 6. The maximum atomic E-state index is 12.1. The number of aromatic nitrogens is 3. The first-order valence-electron chi connectivity index (χ1n) is 7.96. The molecule has 2 rings (SSSR count). The van der Waals surface area contributed by atoms with E-state index in [4.69, 9.17) is 9.47 Å². The number of methoxy groups -OCH3 is 2. The van der Waals surface area contributed by atoms with E-state index < -0.39 is 0 Å². The van der Waals surface area contributed by atoms with Gasteiger partial charge in [-0.1, -0.05) is 18.2 Å². The number of nitrogens with zero attached hydrogens (tertiary/aromatic N) is 2. The van der Waals surface area contributed by atoms with E-state index in [-0.39, 0.29) is 30.0 Å². The van der Waals surface area contributed by atoms with Crippen LogP contribution in [0.3, 0.4) is 0 Å². The van der Waals surface area contributed by atoms with Crippen molar-refractivity contribution < 1.29 is 14.3 Å². The van der Waals surface area contributed by atoms with Crippen LogP contribution < -0.4 is 15.6 Å². The summed E-state index contributed by atoms with van der Waals surface area (Å²) in [6.07, 6.45) is 0.813. The van der Waals surface area contributed by atoms with Crippen molar-refractivity contribution in [3.05, 3.63) is 51.7 Å². The second-order valence-corrected chi connectivity index (χ2v) is 5.38. The molecule has 8 nitrogen and oxygen atoms in total. The highest BCUT2D eigenvalue weighted by atomic mass is 16.5. The molecule has 1 aromatic carbocycles. The van der Waals surface area contributed by atoms with E-state index in [2.05, 4.69) is 20.5 Å².